The van der Waals surface area contributed by atoms with Gasteiger partial charge in [0.25, 0.3) is 0 Å². The van der Waals surface area contributed by atoms with E-state index < -0.39 is 0 Å². The zero-order chi connectivity index (χ0) is 13.7. The van der Waals surface area contributed by atoms with Gasteiger partial charge in [0.15, 0.2) is 0 Å². The fraction of sp³-hybridized carbons (Fsp3) is 0.333. The van der Waals surface area contributed by atoms with Crippen LogP contribution in [0.5, 0.6) is 5.75 Å². The number of aromatic hydroxyl groups is 1. The molecule has 100 valence electrons. The van der Waals surface area contributed by atoms with Crippen LogP contribution in [0.1, 0.15) is 44.6 Å². The predicted octanol–water partition coefficient (Wildman–Crippen LogP) is 5.35. The van der Waals surface area contributed by atoms with Crippen LogP contribution in [0.2, 0.25) is 0 Å². The van der Waals surface area contributed by atoms with E-state index in [4.69, 9.17) is 0 Å². The first-order valence-corrected chi connectivity index (χ1v) is 7.14. The molecule has 0 aliphatic carbocycles. The highest BCUT2D eigenvalue weighted by Gasteiger charge is 2.09. The Bertz CT molecular complexity index is 513. The smallest absolute Gasteiger partial charge is 0.115 e. The summed E-state index contributed by atoms with van der Waals surface area (Å²) in [7, 11) is 0. The molecule has 0 aliphatic rings. The SMILES string of the molecule is CCCC(CC)c1cccc(-c2ccc(O)cc2)c1. The molecular weight excluding hydrogens is 232 g/mol. The second-order valence-corrected chi connectivity index (χ2v) is 5.07. The minimum atomic E-state index is 0.317. The number of rotatable bonds is 5. The van der Waals surface area contributed by atoms with E-state index in [1.54, 1.807) is 12.1 Å². The molecule has 1 nitrogen and oxygen atoms in total. The number of hydrogen-bond acceptors (Lipinski definition) is 1. The Morgan fingerprint density at radius 1 is 0.947 bits per heavy atom. The zero-order valence-corrected chi connectivity index (χ0v) is 11.8. The van der Waals surface area contributed by atoms with Crippen LogP contribution in [0.4, 0.5) is 0 Å². The van der Waals surface area contributed by atoms with Gasteiger partial charge in [0.2, 0.25) is 0 Å². The average Bonchev–Trinajstić information content (AvgIpc) is 2.45. The Kier molecular flexibility index (Phi) is 4.62. The standard InChI is InChI=1S/C18H22O/c1-3-6-14(4-2)16-7-5-8-17(13-16)15-9-11-18(19)12-10-15/h5,7-14,19H,3-4,6H2,1-2H3. The topological polar surface area (TPSA) is 20.2 Å². The van der Waals surface area contributed by atoms with E-state index in [0.717, 1.165) is 5.56 Å². The van der Waals surface area contributed by atoms with Gasteiger partial charge in [-0.1, -0.05) is 56.7 Å². The first-order chi connectivity index (χ1) is 9.24. The number of benzene rings is 2. The van der Waals surface area contributed by atoms with Crippen molar-refractivity contribution in [3.05, 3.63) is 54.1 Å². The molecule has 0 fully saturated rings. The van der Waals surface area contributed by atoms with Gasteiger partial charge < -0.3 is 5.11 Å². The van der Waals surface area contributed by atoms with Crippen LogP contribution in [0, 0.1) is 0 Å². The van der Waals surface area contributed by atoms with Crippen LogP contribution in [0.15, 0.2) is 48.5 Å². The van der Waals surface area contributed by atoms with E-state index >= 15 is 0 Å². The Labute approximate surface area is 115 Å². The molecule has 1 unspecified atom stereocenters. The van der Waals surface area contributed by atoms with Crippen molar-refractivity contribution in [2.75, 3.05) is 0 Å². The summed E-state index contributed by atoms with van der Waals surface area (Å²) in [6.45, 7) is 4.50. The highest BCUT2D eigenvalue weighted by atomic mass is 16.3. The van der Waals surface area contributed by atoms with Gasteiger partial charge in [-0.15, -0.1) is 0 Å². The number of hydrogen-bond donors (Lipinski definition) is 1. The lowest BCUT2D eigenvalue weighted by atomic mass is 9.90. The predicted molar refractivity (Wildman–Crippen MR) is 81.5 cm³/mol. The van der Waals surface area contributed by atoms with Crippen molar-refractivity contribution in [2.24, 2.45) is 0 Å². The maximum Gasteiger partial charge on any atom is 0.115 e. The summed E-state index contributed by atoms with van der Waals surface area (Å²) >= 11 is 0. The minimum absolute atomic E-state index is 0.317. The van der Waals surface area contributed by atoms with Crippen molar-refractivity contribution in [2.45, 2.75) is 39.0 Å². The molecule has 2 aromatic rings. The molecule has 0 saturated heterocycles. The van der Waals surface area contributed by atoms with Gasteiger partial charge in [0.05, 0.1) is 0 Å². The zero-order valence-electron chi connectivity index (χ0n) is 11.8. The van der Waals surface area contributed by atoms with Crippen LogP contribution in [-0.2, 0) is 0 Å². The lowest BCUT2D eigenvalue weighted by molar-refractivity contribution is 0.475. The van der Waals surface area contributed by atoms with Crippen LogP contribution in [0.25, 0.3) is 11.1 Å². The minimum Gasteiger partial charge on any atom is -0.508 e. The molecular formula is C18H22O. The van der Waals surface area contributed by atoms with Gasteiger partial charge in [-0.25, -0.2) is 0 Å². The molecule has 19 heavy (non-hydrogen) atoms. The quantitative estimate of drug-likeness (QED) is 0.762. The van der Waals surface area contributed by atoms with Crippen molar-refractivity contribution in [1.29, 1.82) is 0 Å². The fourth-order valence-corrected chi connectivity index (χ4v) is 2.58. The van der Waals surface area contributed by atoms with E-state index in [-0.39, 0.29) is 0 Å². The van der Waals surface area contributed by atoms with E-state index in [0.29, 0.717) is 11.7 Å². The van der Waals surface area contributed by atoms with Crippen molar-refractivity contribution in [3.63, 3.8) is 0 Å². The van der Waals surface area contributed by atoms with Gasteiger partial charge in [-0.3, -0.25) is 0 Å². The first-order valence-electron chi connectivity index (χ1n) is 7.14. The monoisotopic (exact) mass is 254 g/mol. The second-order valence-electron chi connectivity index (χ2n) is 5.07. The van der Waals surface area contributed by atoms with Gasteiger partial charge in [-0.05, 0) is 47.6 Å². The molecule has 0 saturated carbocycles. The summed E-state index contributed by atoms with van der Waals surface area (Å²) in [5.74, 6) is 0.972. The summed E-state index contributed by atoms with van der Waals surface area (Å²) < 4.78 is 0. The van der Waals surface area contributed by atoms with Crippen molar-refractivity contribution in [1.82, 2.24) is 0 Å². The van der Waals surface area contributed by atoms with E-state index in [9.17, 15) is 5.11 Å². The number of phenolic OH excluding ortho intramolecular Hbond substituents is 1. The molecule has 0 radical (unpaired) electrons. The van der Waals surface area contributed by atoms with Crippen LogP contribution in [-0.4, -0.2) is 5.11 Å². The molecule has 1 N–H and O–H groups in total. The largest absolute Gasteiger partial charge is 0.508 e. The average molecular weight is 254 g/mol. The van der Waals surface area contributed by atoms with Crippen molar-refractivity contribution >= 4 is 0 Å². The van der Waals surface area contributed by atoms with E-state index in [1.165, 1.54) is 30.4 Å². The normalized spacial score (nSPS) is 12.3. The third kappa shape index (κ3) is 3.37. The summed E-state index contributed by atoms with van der Waals surface area (Å²) in [5, 5.41) is 9.35. The summed E-state index contributed by atoms with van der Waals surface area (Å²) in [4.78, 5) is 0. The molecule has 0 bridgehead atoms. The molecule has 0 aromatic heterocycles. The van der Waals surface area contributed by atoms with Gasteiger partial charge in [0.1, 0.15) is 5.75 Å². The van der Waals surface area contributed by atoms with Crippen LogP contribution >= 0.6 is 0 Å². The lowest BCUT2D eigenvalue weighted by Crippen LogP contribution is -1.96. The molecule has 1 heteroatoms. The maximum atomic E-state index is 9.35. The maximum absolute atomic E-state index is 9.35. The van der Waals surface area contributed by atoms with Crippen LogP contribution < -0.4 is 0 Å². The Morgan fingerprint density at radius 3 is 2.32 bits per heavy atom. The van der Waals surface area contributed by atoms with Gasteiger partial charge >= 0.3 is 0 Å². The number of phenols is 1. The summed E-state index contributed by atoms with van der Waals surface area (Å²) in [6.07, 6.45) is 3.66. The summed E-state index contributed by atoms with van der Waals surface area (Å²) in [6, 6.07) is 16.2. The molecule has 1 atom stereocenters. The van der Waals surface area contributed by atoms with Gasteiger partial charge in [0, 0.05) is 0 Å². The molecule has 0 aliphatic heterocycles. The Balaban J connectivity index is 2.30. The lowest BCUT2D eigenvalue weighted by Gasteiger charge is -2.15. The van der Waals surface area contributed by atoms with E-state index in [2.05, 4.69) is 38.1 Å². The molecule has 2 rings (SSSR count). The molecule has 0 heterocycles. The highest BCUT2D eigenvalue weighted by molar-refractivity contribution is 5.65. The third-order valence-electron chi connectivity index (χ3n) is 3.69. The third-order valence-corrected chi connectivity index (χ3v) is 3.69. The van der Waals surface area contributed by atoms with Crippen molar-refractivity contribution < 1.29 is 5.11 Å². The highest BCUT2D eigenvalue weighted by Crippen LogP contribution is 2.29. The molecule has 2 aromatic carbocycles. The Morgan fingerprint density at radius 2 is 1.68 bits per heavy atom. The Hall–Kier alpha value is -1.76. The summed E-state index contributed by atoms with van der Waals surface area (Å²) in [5.41, 5.74) is 3.81. The van der Waals surface area contributed by atoms with Crippen LogP contribution in [0.3, 0.4) is 0 Å². The van der Waals surface area contributed by atoms with Gasteiger partial charge in [-0.2, -0.15) is 0 Å². The molecule has 0 spiro atoms. The van der Waals surface area contributed by atoms with E-state index in [1.807, 2.05) is 12.1 Å². The van der Waals surface area contributed by atoms with Crippen molar-refractivity contribution in [3.8, 4) is 16.9 Å². The first kappa shape index (κ1) is 13.7. The second kappa shape index (κ2) is 6.42. The molecule has 0 amide bonds. The fourth-order valence-electron chi connectivity index (χ4n) is 2.58.